The van der Waals surface area contributed by atoms with Crippen molar-refractivity contribution in [3.8, 4) is 5.75 Å². The molecule has 21 heteroatoms. The van der Waals surface area contributed by atoms with Crippen LogP contribution in [0, 0.1) is 0 Å². The number of alkyl carbamates (subject to hydrolysis) is 2. The van der Waals surface area contributed by atoms with Crippen LogP contribution >= 0.6 is 11.6 Å². The number of hydrogen-bond acceptors (Lipinski definition) is 16. The molecule has 1 heterocycles. The number of hydrogen-bond donors (Lipinski definition) is 6. The molecule has 9 N–H and O–H groups in total. The molecule has 0 aliphatic rings. The molecule has 56 heavy (non-hydrogen) atoms. The average Bonchev–Trinajstić information content (AvgIpc) is 3.18. The zero-order chi connectivity index (χ0) is 40.6. The number of carbonyl (C=O) groups excluding carboxylic acids is 3. The smallest absolute Gasteiger partial charge is 0.407 e. The van der Waals surface area contributed by atoms with Crippen LogP contribution in [0.25, 0.3) is 0 Å². The topological polar surface area (TPSA) is 277 Å². The van der Waals surface area contributed by atoms with E-state index in [-0.39, 0.29) is 54.9 Å². The fourth-order valence-corrected chi connectivity index (χ4v) is 4.47. The molecule has 0 aliphatic heterocycles. The Kier molecular flexibility index (Phi) is 25.8. The lowest BCUT2D eigenvalue weighted by Crippen LogP contribution is -2.38. The quantitative estimate of drug-likeness (QED) is 0.0372. The monoisotopic (exact) mass is 813 g/mol. The third-order valence-electron chi connectivity index (χ3n) is 7.18. The Morgan fingerprint density at radius 3 is 1.80 bits per heavy atom. The molecule has 2 rings (SSSR count). The van der Waals surface area contributed by atoms with Crippen molar-refractivity contribution in [2.45, 2.75) is 32.1 Å². The first-order valence-corrected chi connectivity index (χ1v) is 18.6. The van der Waals surface area contributed by atoms with Gasteiger partial charge in [0.25, 0.3) is 5.91 Å². The SMILES string of the molecule is COCCOCCOCCOC(=O)NCCCCNC(=O)OCCOCCOCCOc1ccc(CCCCN=C(N)NC(=O)c2nc(Cl)c(N)nc2N)cc1. The van der Waals surface area contributed by atoms with Crippen LogP contribution in [0.4, 0.5) is 21.2 Å². The predicted octanol–water partition coefficient (Wildman–Crippen LogP) is 1.69. The number of nitrogens with one attached hydrogen (secondary N) is 3. The van der Waals surface area contributed by atoms with Gasteiger partial charge in [-0.3, -0.25) is 15.1 Å². The molecular formula is C35H56ClN9O11. The minimum atomic E-state index is -0.684. The normalized spacial score (nSPS) is 11.2. The highest BCUT2D eigenvalue weighted by atomic mass is 35.5. The summed E-state index contributed by atoms with van der Waals surface area (Å²) in [5.74, 6) is -0.260. The third-order valence-corrected chi connectivity index (χ3v) is 7.45. The maximum Gasteiger partial charge on any atom is 0.407 e. The second-order valence-corrected chi connectivity index (χ2v) is 11.9. The van der Waals surface area contributed by atoms with E-state index in [0.29, 0.717) is 85.3 Å². The van der Waals surface area contributed by atoms with Gasteiger partial charge in [0.15, 0.2) is 28.4 Å². The van der Waals surface area contributed by atoms with E-state index in [1.54, 1.807) is 7.11 Å². The summed E-state index contributed by atoms with van der Waals surface area (Å²) in [6.45, 7) is 5.42. The zero-order valence-corrected chi connectivity index (χ0v) is 32.6. The van der Waals surface area contributed by atoms with Crippen molar-refractivity contribution in [2.24, 2.45) is 10.7 Å². The molecule has 0 saturated carbocycles. The van der Waals surface area contributed by atoms with Crippen LogP contribution in [-0.4, -0.2) is 140 Å². The molecule has 3 amide bonds. The molecule has 0 atom stereocenters. The second kappa shape index (κ2) is 30.5. The Morgan fingerprint density at radius 2 is 1.23 bits per heavy atom. The molecule has 0 fully saturated rings. The minimum Gasteiger partial charge on any atom is -0.491 e. The lowest BCUT2D eigenvalue weighted by Gasteiger charge is -2.10. The summed E-state index contributed by atoms with van der Waals surface area (Å²) in [6.07, 6.45) is 2.71. The number of halogens is 1. The van der Waals surface area contributed by atoms with E-state index in [4.69, 9.17) is 66.7 Å². The van der Waals surface area contributed by atoms with Gasteiger partial charge in [0.1, 0.15) is 25.6 Å². The molecule has 0 bridgehead atoms. The van der Waals surface area contributed by atoms with Crippen LogP contribution in [0.15, 0.2) is 29.3 Å². The molecule has 20 nitrogen and oxygen atoms in total. The number of anilines is 2. The van der Waals surface area contributed by atoms with Gasteiger partial charge in [0, 0.05) is 26.7 Å². The second-order valence-electron chi connectivity index (χ2n) is 11.6. The molecule has 0 spiro atoms. The predicted molar refractivity (Wildman–Crippen MR) is 208 cm³/mol. The molecular weight excluding hydrogens is 758 g/mol. The number of ether oxygens (including phenoxy) is 8. The summed E-state index contributed by atoms with van der Waals surface area (Å²) in [4.78, 5) is 47.5. The Bertz CT molecular complexity index is 1440. The number of guanidine groups is 1. The Morgan fingerprint density at radius 1 is 0.696 bits per heavy atom. The molecule has 0 saturated heterocycles. The Labute approximate surface area is 331 Å². The Hall–Kier alpha value is -4.73. The van der Waals surface area contributed by atoms with Gasteiger partial charge in [0.2, 0.25) is 0 Å². The number of nitrogen functional groups attached to an aromatic ring is 2. The number of nitrogens with two attached hydrogens (primary N) is 3. The van der Waals surface area contributed by atoms with Gasteiger partial charge in [0.05, 0.1) is 59.5 Å². The van der Waals surface area contributed by atoms with E-state index in [1.165, 1.54) is 0 Å². The van der Waals surface area contributed by atoms with E-state index < -0.39 is 18.1 Å². The maximum atomic E-state index is 12.3. The van der Waals surface area contributed by atoms with Crippen LogP contribution in [0.1, 0.15) is 41.7 Å². The first-order chi connectivity index (χ1) is 27.2. The molecule has 1 aromatic heterocycles. The first kappa shape index (κ1) is 47.4. The number of benzene rings is 1. The number of amides is 3. The van der Waals surface area contributed by atoms with Crippen molar-refractivity contribution in [3.63, 3.8) is 0 Å². The number of rotatable bonds is 30. The maximum absolute atomic E-state index is 12.3. The molecule has 0 aliphatic carbocycles. The number of aromatic nitrogens is 2. The number of aryl methyl sites for hydroxylation is 1. The van der Waals surface area contributed by atoms with Crippen LogP contribution in [0.3, 0.4) is 0 Å². The van der Waals surface area contributed by atoms with Crippen LogP contribution in [-0.2, 0) is 39.6 Å². The fraction of sp³-hybridized carbons (Fsp3) is 0.600. The standard InChI is InChI=1S/C35H56ClN9O11/c1-49-14-15-50-16-17-52-21-24-55-34(47)41-12-4-5-13-42-35(48)56-25-22-53-19-18-51-20-23-54-27-9-7-26(8-10-27)6-2-3-11-40-33(39)45-32(46)28-30(37)44-31(38)29(36)43-28/h7-10H,2-6,11-25H2,1H3,(H,41,47)(H,42,48)(H4,37,38,44)(H3,39,40,45,46). The highest BCUT2D eigenvalue weighted by Gasteiger charge is 2.16. The lowest BCUT2D eigenvalue weighted by atomic mass is 10.1. The van der Waals surface area contributed by atoms with Gasteiger partial charge in [-0.2, -0.15) is 0 Å². The van der Waals surface area contributed by atoms with Crippen LogP contribution in [0.2, 0.25) is 5.15 Å². The van der Waals surface area contributed by atoms with Crippen molar-refractivity contribution in [3.05, 3.63) is 40.7 Å². The summed E-state index contributed by atoms with van der Waals surface area (Å²) in [6, 6.07) is 7.80. The highest BCUT2D eigenvalue weighted by molar-refractivity contribution is 6.31. The molecule has 2 aromatic rings. The van der Waals surface area contributed by atoms with Crippen molar-refractivity contribution in [1.29, 1.82) is 0 Å². The number of nitrogens with zero attached hydrogens (tertiary/aromatic N) is 3. The molecule has 0 radical (unpaired) electrons. The van der Waals surface area contributed by atoms with Gasteiger partial charge in [-0.05, 0) is 49.8 Å². The van der Waals surface area contributed by atoms with Crippen molar-refractivity contribution in [1.82, 2.24) is 25.9 Å². The first-order valence-electron chi connectivity index (χ1n) is 18.2. The highest BCUT2D eigenvalue weighted by Crippen LogP contribution is 2.17. The fourth-order valence-electron chi connectivity index (χ4n) is 4.34. The molecule has 0 unspecified atom stereocenters. The van der Waals surface area contributed by atoms with E-state index in [9.17, 15) is 14.4 Å². The summed E-state index contributed by atoms with van der Waals surface area (Å²) in [5.41, 5.74) is 18.0. The number of methoxy groups -OCH3 is 1. The van der Waals surface area contributed by atoms with Gasteiger partial charge in [-0.1, -0.05) is 23.7 Å². The molecule has 314 valence electrons. The third kappa shape index (κ3) is 23.2. The van der Waals surface area contributed by atoms with Crippen molar-refractivity contribution in [2.75, 3.05) is 117 Å². The van der Waals surface area contributed by atoms with Crippen LogP contribution in [0.5, 0.6) is 5.75 Å². The van der Waals surface area contributed by atoms with E-state index >= 15 is 0 Å². The summed E-state index contributed by atoms with van der Waals surface area (Å²) in [7, 11) is 1.61. The minimum absolute atomic E-state index is 0.0677. The van der Waals surface area contributed by atoms with E-state index in [0.717, 1.165) is 30.6 Å². The molecule has 1 aromatic carbocycles. The lowest BCUT2D eigenvalue weighted by molar-refractivity contribution is 0.0131. The van der Waals surface area contributed by atoms with Gasteiger partial charge in [-0.15, -0.1) is 0 Å². The number of unbranched alkanes of at least 4 members (excludes halogenated alkanes) is 2. The number of aliphatic imine (C=N–C) groups is 1. The van der Waals surface area contributed by atoms with Crippen molar-refractivity contribution < 1.29 is 52.3 Å². The van der Waals surface area contributed by atoms with E-state index in [2.05, 4.69) is 30.9 Å². The van der Waals surface area contributed by atoms with Gasteiger partial charge in [-0.25, -0.2) is 19.6 Å². The van der Waals surface area contributed by atoms with Crippen LogP contribution < -0.4 is 37.9 Å². The van der Waals surface area contributed by atoms with Gasteiger partial charge >= 0.3 is 12.2 Å². The van der Waals surface area contributed by atoms with E-state index in [1.807, 2.05) is 24.3 Å². The summed E-state index contributed by atoms with van der Waals surface area (Å²) >= 11 is 5.81. The summed E-state index contributed by atoms with van der Waals surface area (Å²) < 4.78 is 42.2. The van der Waals surface area contributed by atoms with Gasteiger partial charge < -0.3 is 65.7 Å². The zero-order valence-electron chi connectivity index (χ0n) is 31.9. The average molecular weight is 814 g/mol. The Balaban J connectivity index is 1.36. The largest absolute Gasteiger partial charge is 0.491 e. The van der Waals surface area contributed by atoms with Crippen molar-refractivity contribution >= 4 is 47.3 Å². The summed E-state index contributed by atoms with van der Waals surface area (Å²) in [5, 5.41) is 7.56. The number of carbonyl (C=O) groups is 3.